The van der Waals surface area contributed by atoms with Gasteiger partial charge in [0.25, 0.3) is 0 Å². The molecule has 6 heteroatoms. The molecule has 2 heterocycles. The summed E-state index contributed by atoms with van der Waals surface area (Å²) in [4.78, 5) is 16.5. The van der Waals surface area contributed by atoms with Crippen LogP contribution in [0.1, 0.15) is 15.9 Å². The van der Waals surface area contributed by atoms with Crippen LogP contribution in [0, 0.1) is 0 Å². The molecule has 3 rings (SSSR count). The molecule has 0 saturated carbocycles. The summed E-state index contributed by atoms with van der Waals surface area (Å²) in [7, 11) is 1.61. The highest BCUT2D eigenvalue weighted by atomic mass is 79.9. The predicted octanol–water partition coefficient (Wildman–Crippen LogP) is 2.93. The minimum atomic E-state index is 0.00932. The number of ether oxygens (including phenoxy) is 1. The van der Waals surface area contributed by atoms with E-state index >= 15 is 0 Å². The molecule has 2 aromatic heterocycles. The van der Waals surface area contributed by atoms with Crippen molar-refractivity contribution >= 4 is 27.2 Å². The molecule has 0 aliphatic carbocycles. The quantitative estimate of drug-likeness (QED) is 0.682. The molecule has 0 aliphatic rings. The van der Waals surface area contributed by atoms with E-state index in [-0.39, 0.29) is 5.78 Å². The molecule has 1 aromatic carbocycles. The maximum Gasteiger partial charge on any atom is 0.171 e. The number of rotatable bonds is 4. The topological polar surface area (TPSA) is 56.5 Å². The van der Waals surface area contributed by atoms with Crippen molar-refractivity contribution in [3.8, 4) is 5.75 Å². The van der Waals surface area contributed by atoms with Crippen LogP contribution in [0.5, 0.6) is 5.75 Å². The Morgan fingerprint density at radius 3 is 3.00 bits per heavy atom. The molecule has 5 nitrogen and oxygen atoms in total. The highest BCUT2D eigenvalue weighted by Crippen LogP contribution is 2.26. The van der Waals surface area contributed by atoms with Crippen molar-refractivity contribution in [2.45, 2.75) is 6.42 Å². The summed E-state index contributed by atoms with van der Waals surface area (Å²) in [6.07, 6.45) is 6.88. The number of Topliss-reactive ketones (excluding diaryl/α,β-unsaturated/α-hetero) is 1. The van der Waals surface area contributed by atoms with Crippen LogP contribution in [0.4, 0.5) is 0 Å². The molecule has 0 atom stereocenters. The van der Waals surface area contributed by atoms with Crippen LogP contribution in [-0.4, -0.2) is 27.5 Å². The number of benzene rings is 1. The second-order valence-electron chi connectivity index (χ2n) is 4.53. The number of hydrogen-bond acceptors (Lipinski definition) is 4. The van der Waals surface area contributed by atoms with Crippen molar-refractivity contribution < 1.29 is 9.53 Å². The Bertz CT molecular complexity index is 814. The summed E-state index contributed by atoms with van der Waals surface area (Å²) in [6.45, 7) is 0. The molecule has 0 N–H and O–H groups in total. The summed E-state index contributed by atoms with van der Waals surface area (Å²) in [5.74, 6) is 0.751. The van der Waals surface area contributed by atoms with E-state index in [0.717, 1.165) is 21.3 Å². The van der Waals surface area contributed by atoms with Gasteiger partial charge in [0.1, 0.15) is 5.75 Å². The van der Waals surface area contributed by atoms with E-state index in [0.29, 0.717) is 12.0 Å². The van der Waals surface area contributed by atoms with Gasteiger partial charge in [-0.05, 0) is 33.6 Å². The van der Waals surface area contributed by atoms with Gasteiger partial charge >= 0.3 is 0 Å². The third-order valence-corrected chi connectivity index (χ3v) is 3.83. The van der Waals surface area contributed by atoms with Crippen molar-refractivity contribution in [3.05, 3.63) is 58.6 Å². The normalized spacial score (nSPS) is 10.8. The standard InChI is InChI=1S/C15H12BrN3O2/c1-21-15-3-2-10(6-12(15)16)7-14(20)11-8-18-19-5-4-17-9-13(11)19/h2-6,8-9H,7H2,1H3. The fourth-order valence-corrected chi connectivity index (χ4v) is 2.74. The second kappa shape index (κ2) is 5.65. The fraction of sp³-hybridized carbons (Fsp3) is 0.133. The SMILES string of the molecule is COc1ccc(CC(=O)c2cnn3ccncc23)cc1Br. The van der Waals surface area contributed by atoms with Crippen LogP contribution in [0.2, 0.25) is 0 Å². The Morgan fingerprint density at radius 1 is 1.38 bits per heavy atom. The molecule has 0 aliphatic heterocycles. The van der Waals surface area contributed by atoms with Crippen molar-refractivity contribution in [1.82, 2.24) is 14.6 Å². The summed E-state index contributed by atoms with van der Waals surface area (Å²) >= 11 is 3.42. The Morgan fingerprint density at radius 2 is 2.24 bits per heavy atom. The number of nitrogens with zero attached hydrogens (tertiary/aromatic N) is 3. The van der Waals surface area contributed by atoms with Crippen LogP contribution in [0.25, 0.3) is 5.52 Å². The third kappa shape index (κ3) is 2.67. The summed E-state index contributed by atoms with van der Waals surface area (Å²) in [5, 5.41) is 4.15. The van der Waals surface area contributed by atoms with E-state index < -0.39 is 0 Å². The molecule has 0 spiro atoms. The second-order valence-corrected chi connectivity index (χ2v) is 5.39. The van der Waals surface area contributed by atoms with Gasteiger partial charge in [-0.25, -0.2) is 4.52 Å². The lowest BCUT2D eigenvalue weighted by atomic mass is 10.0. The van der Waals surface area contributed by atoms with Gasteiger partial charge in [-0.1, -0.05) is 6.07 Å². The van der Waals surface area contributed by atoms with Crippen LogP contribution in [0.3, 0.4) is 0 Å². The zero-order valence-electron chi connectivity index (χ0n) is 11.3. The summed E-state index contributed by atoms with van der Waals surface area (Å²) in [6, 6.07) is 5.61. The molecule has 0 amide bonds. The Kier molecular flexibility index (Phi) is 3.70. The predicted molar refractivity (Wildman–Crippen MR) is 81.7 cm³/mol. The molecular formula is C15H12BrN3O2. The van der Waals surface area contributed by atoms with Gasteiger partial charge in [0.05, 0.1) is 35.1 Å². The number of halogens is 1. The van der Waals surface area contributed by atoms with E-state index in [4.69, 9.17) is 4.74 Å². The molecule has 0 saturated heterocycles. The van der Waals surface area contributed by atoms with Gasteiger partial charge in [-0.15, -0.1) is 0 Å². The fourth-order valence-electron chi connectivity index (χ4n) is 2.15. The first-order chi connectivity index (χ1) is 10.2. The number of carbonyl (C=O) groups is 1. The van der Waals surface area contributed by atoms with Crippen LogP contribution >= 0.6 is 15.9 Å². The van der Waals surface area contributed by atoms with Crippen LogP contribution in [0.15, 0.2) is 47.5 Å². The maximum atomic E-state index is 12.4. The van der Waals surface area contributed by atoms with Gasteiger partial charge in [0.2, 0.25) is 0 Å². The van der Waals surface area contributed by atoms with Crippen molar-refractivity contribution in [1.29, 1.82) is 0 Å². The lowest BCUT2D eigenvalue weighted by molar-refractivity contribution is 0.0994. The molecule has 0 fully saturated rings. The summed E-state index contributed by atoms with van der Waals surface area (Å²) < 4.78 is 7.65. The van der Waals surface area contributed by atoms with E-state index in [1.807, 2.05) is 18.2 Å². The first-order valence-corrected chi connectivity index (χ1v) is 7.11. The number of carbonyl (C=O) groups excluding carboxylic acids is 1. The molecule has 3 aromatic rings. The Balaban J connectivity index is 1.88. The van der Waals surface area contributed by atoms with Gasteiger partial charge in [-0.3, -0.25) is 9.78 Å². The molecule has 0 bridgehead atoms. The molecule has 0 radical (unpaired) electrons. The lowest BCUT2D eigenvalue weighted by Gasteiger charge is -2.05. The molecule has 0 unspecified atom stereocenters. The van der Waals surface area contributed by atoms with Gasteiger partial charge < -0.3 is 4.74 Å². The number of methoxy groups -OCH3 is 1. The van der Waals surface area contributed by atoms with Crippen molar-refractivity contribution in [2.75, 3.05) is 7.11 Å². The largest absolute Gasteiger partial charge is 0.496 e. The average molecular weight is 346 g/mol. The van der Waals surface area contributed by atoms with Crippen molar-refractivity contribution in [2.24, 2.45) is 0 Å². The van der Waals surface area contributed by atoms with Gasteiger partial charge in [0, 0.05) is 18.8 Å². The van der Waals surface area contributed by atoms with Crippen LogP contribution in [-0.2, 0) is 6.42 Å². The average Bonchev–Trinajstić information content (AvgIpc) is 2.91. The number of hydrogen-bond donors (Lipinski definition) is 0. The van der Waals surface area contributed by atoms with E-state index in [1.165, 1.54) is 0 Å². The number of fused-ring (bicyclic) bond motifs is 1. The zero-order chi connectivity index (χ0) is 14.8. The molecule has 21 heavy (non-hydrogen) atoms. The lowest BCUT2D eigenvalue weighted by Crippen LogP contribution is -2.03. The molecular weight excluding hydrogens is 334 g/mol. The number of aromatic nitrogens is 3. The van der Waals surface area contributed by atoms with Gasteiger partial charge in [-0.2, -0.15) is 5.10 Å². The molecule has 106 valence electrons. The third-order valence-electron chi connectivity index (χ3n) is 3.21. The first kappa shape index (κ1) is 13.8. The van der Waals surface area contributed by atoms with Crippen LogP contribution < -0.4 is 4.74 Å². The maximum absolute atomic E-state index is 12.4. The highest BCUT2D eigenvalue weighted by molar-refractivity contribution is 9.10. The summed E-state index contributed by atoms with van der Waals surface area (Å²) in [5.41, 5.74) is 2.21. The minimum Gasteiger partial charge on any atom is -0.496 e. The van der Waals surface area contributed by atoms with E-state index in [1.54, 1.807) is 36.4 Å². The van der Waals surface area contributed by atoms with E-state index in [2.05, 4.69) is 26.0 Å². The highest BCUT2D eigenvalue weighted by Gasteiger charge is 2.14. The van der Waals surface area contributed by atoms with Gasteiger partial charge in [0.15, 0.2) is 5.78 Å². The zero-order valence-corrected chi connectivity index (χ0v) is 12.9. The monoisotopic (exact) mass is 345 g/mol. The first-order valence-electron chi connectivity index (χ1n) is 6.32. The Hall–Kier alpha value is -2.21. The number of ketones is 1. The minimum absolute atomic E-state index is 0.00932. The smallest absolute Gasteiger partial charge is 0.171 e. The van der Waals surface area contributed by atoms with Crippen molar-refractivity contribution in [3.63, 3.8) is 0 Å². The Labute approximate surface area is 129 Å². The van der Waals surface area contributed by atoms with E-state index in [9.17, 15) is 4.79 Å².